The number of ether oxygens (including phenoxy) is 1. The summed E-state index contributed by atoms with van der Waals surface area (Å²) in [4.78, 5) is 1.22. The molecule has 1 aromatic rings. The lowest BCUT2D eigenvalue weighted by atomic mass is 10.3. The molecule has 0 fully saturated rings. The van der Waals surface area contributed by atoms with E-state index in [0.717, 1.165) is 11.5 Å². The number of nitrogens with two attached hydrogens (primary N) is 1. The van der Waals surface area contributed by atoms with Crippen LogP contribution in [0.1, 0.15) is 0 Å². The summed E-state index contributed by atoms with van der Waals surface area (Å²) in [6.45, 7) is 0.599. The maximum absolute atomic E-state index is 5.64. The van der Waals surface area contributed by atoms with Gasteiger partial charge in [-0.1, -0.05) is 12.1 Å². The van der Waals surface area contributed by atoms with E-state index in [1.165, 1.54) is 4.90 Å². The maximum Gasteiger partial charge on any atom is 0.133 e. The summed E-state index contributed by atoms with van der Waals surface area (Å²) >= 11 is 1.82. The molecule has 1 aliphatic heterocycles. The summed E-state index contributed by atoms with van der Waals surface area (Å²) in [7, 11) is 0. The van der Waals surface area contributed by atoms with E-state index in [1.807, 2.05) is 30.0 Å². The largest absolute Gasteiger partial charge is 0.487 e. The van der Waals surface area contributed by atoms with Crippen LogP contribution in [-0.2, 0) is 0 Å². The van der Waals surface area contributed by atoms with E-state index >= 15 is 0 Å². The van der Waals surface area contributed by atoms with Gasteiger partial charge in [0.05, 0.1) is 0 Å². The SMILES string of the molecule is NC[C@H]1CSc2ccccc2O1. The normalized spacial score (nSPS) is 21.2. The lowest BCUT2D eigenvalue weighted by Crippen LogP contribution is -2.31. The van der Waals surface area contributed by atoms with Crippen LogP contribution in [0.4, 0.5) is 0 Å². The molecule has 12 heavy (non-hydrogen) atoms. The monoisotopic (exact) mass is 181 g/mol. The fraction of sp³-hybridized carbons (Fsp3) is 0.333. The van der Waals surface area contributed by atoms with E-state index in [2.05, 4.69) is 6.07 Å². The number of thioether (sulfide) groups is 1. The second-order valence-corrected chi connectivity index (χ2v) is 3.80. The highest BCUT2D eigenvalue weighted by atomic mass is 32.2. The summed E-state index contributed by atoms with van der Waals surface area (Å²) in [5, 5.41) is 0. The number of rotatable bonds is 1. The highest BCUT2D eigenvalue weighted by Gasteiger charge is 2.17. The van der Waals surface area contributed by atoms with E-state index in [-0.39, 0.29) is 6.10 Å². The topological polar surface area (TPSA) is 35.2 Å². The minimum Gasteiger partial charge on any atom is -0.487 e. The van der Waals surface area contributed by atoms with Crippen molar-refractivity contribution in [2.45, 2.75) is 11.0 Å². The van der Waals surface area contributed by atoms with Crippen molar-refractivity contribution in [3.05, 3.63) is 24.3 Å². The van der Waals surface area contributed by atoms with Crippen molar-refractivity contribution in [1.82, 2.24) is 0 Å². The Bertz CT molecular complexity index is 277. The molecule has 0 spiro atoms. The second kappa shape index (κ2) is 3.37. The number of benzene rings is 1. The highest BCUT2D eigenvalue weighted by molar-refractivity contribution is 7.99. The van der Waals surface area contributed by atoms with Crippen LogP contribution in [0.25, 0.3) is 0 Å². The molecule has 0 saturated carbocycles. The van der Waals surface area contributed by atoms with Gasteiger partial charge in [0, 0.05) is 17.2 Å². The lowest BCUT2D eigenvalue weighted by molar-refractivity contribution is 0.223. The zero-order valence-electron chi connectivity index (χ0n) is 6.69. The number of hydrogen-bond donors (Lipinski definition) is 1. The first-order valence-corrected chi connectivity index (χ1v) is 4.97. The molecule has 1 heterocycles. The van der Waals surface area contributed by atoms with Gasteiger partial charge >= 0.3 is 0 Å². The van der Waals surface area contributed by atoms with E-state index in [1.54, 1.807) is 0 Å². The molecule has 0 bridgehead atoms. The Hall–Kier alpha value is -0.670. The van der Waals surface area contributed by atoms with Crippen LogP contribution >= 0.6 is 11.8 Å². The maximum atomic E-state index is 5.64. The van der Waals surface area contributed by atoms with Crippen LogP contribution in [0.15, 0.2) is 29.2 Å². The Morgan fingerprint density at radius 2 is 2.33 bits per heavy atom. The summed E-state index contributed by atoms with van der Waals surface area (Å²) in [6, 6.07) is 8.08. The van der Waals surface area contributed by atoms with Gasteiger partial charge in [0.2, 0.25) is 0 Å². The van der Waals surface area contributed by atoms with Gasteiger partial charge in [0.15, 0.2) is 0 Å². The van der Waals surface area contributed by atoms with Crippen molar-refractivity contribution in [1.29, 1.82) is 0 Å². The average Bonchev–Trinajstić information content (AvgIpc) is 2.17. The number of fused-ring (bicyclic) bond motifs is 1. The highest BCUT2D eigenvalue weighted by Crippen LogP contribution is 2.34. The average molecular weight is 181 g/mol. The lowest BCUT2D eigenvalue weighted by Gasteiger charge is -2.24. The third-order valence-corrected chi connectivity index (χ3v) is 3.02. The Morgan fingerprint density at radius 1 is 1.50 bits per heavy atom. The Labute approximate surface area is 76.1 Å². The summed E-state index contributed by atoms with van der Waals surface area (Å²) in [6.07, 6.45) is 0.185. The minimum absolute atomic E-state index is 0.185. The molecule has 0 aromatic heterocycles. The third-order valence-electron chi connectivity index (χ3n) is 1.83. The van der Waals surface area contributed by atoms with Gasteiger partial charge in [-0.3, -0.25) is 0 Å². The van der Waals surface area contributed by atoms with Crippen LogP contribution in [-0.4, -0.2) is 18.4 Å². The van der Waals surface area contributed by atoms with Gasteiger partial charge in [-0.2, -0.15) is 0 Å². The summed E-state index contributed by atoms with van der Waals surface area (Å²) in [5.41, 5.74) is 5.52. The number of hydrogen-bond acceptors (Lipinski definition) is 3. The van der Waals surface area contributed by atoms with E-state index in [9.17, 15) is 0 Å². The molecule has 1 atom stereocenters. The van der Waals surface area contributed by atoms with E-state index in [4.69, 9.17) is 10.5 Å². The second-order valence-electron chi connectivity index (χ2n) is 2.73. The van der Waals surface area contributed by atoms with Crippen LogP contribution in [0.2, 0.25) is 0 Å². The van der Waals surface area contributed by atoms with Crippen molar-refractivity contribution in [3.8, 4) is 5.75 Å². The van der Waals surface area contributed by atoms with Crippen LogP contribution in [0.3, 0.4) is 0 Å². The fourth-order valence-electron chi connectivity index (χ4n) is 1.18. The van der Waals surface area contributed by atoms with Gasteiger partial charge < -0.3 is 10.5 Å². The van der Waals surface area contributed by atoms with Crippen molar-refractivity contribution in [3.63, 3.8) is 0 Å². The Morgan fingerprint density at radius 3 is 3.17 bits per heavy atom. The molecule has 0 aliphatic carbocycles. The van der Waals surface area contributed by atoms with E-state index in [0.29, 0.717) is 6.54 Å². The predicted molar refractivity (Wildman–Crippen MR) is 50.6 cm³/mol. The Balaban J connectivity index is 2.23. The van der Waals surface area contributed by atoms with Crippen LogP contribution in [0.5, 0.6) is 5.75 Å². The zero-order valence-corrected chi connectivity index (χ0v) is 7.51. The first-order chi connectivity index (χ1) is 5.90. The van der Waals surface area contributed by atoms with Crippen molar-refractivity contribution < 1.29 is 4.74 Å². The van der Waals surface area contributed by atoms with Gasteiger partial charge in [-0.05, 0) is 12.1 Å². The molecular formula is C9H11NOS. The molecule has 2 rings (SSSR count). The molecule has 0 amide bonds. The van der Waals surface area contributed by atoms with Gasteiger partial charge in [0.25, 0.3) is 0 Å². The quantitative estimate of drug-likeness (QED) is 0.713. The summed E-state index contributed by atoms with van der Waals surface area (Å²) < 4.78 is 5.64. The van der Waals surface area contributed by atoms with Crippen LogP contribution < -0.4 is 10.5 Å². The molecule has 64 valence electrons. The van der Waals surface area contributed by atoms with E-state index < -0.39 is 0 Å². The molecular weight excluding hydrogens is 170 g/mol. The zero-order chi connectivity index (χ0) is 8.39. The third kappa shape index (κ3) is 1.42. The van der Waals surface area contributed by atoms with Crippen molar-refractivity contribution >= 4 is 11.8 Å². The van der Waals surface area contributed by atoms with Gasteiger partial charge in [-0.25, -0.2) is 0 Å². The molecule has 3 heteroatoms. The molecule has 1 aromatic carbocycles. The molecule has 0 saturated heterocycles. The first kappa shape index (κ1) is 7.95. The fourth-order valence-corrected chi connectivity index (χ4v) is 2.18. The molecule has 2 N–H and O–H groups in total. The first-order valence-electron chi connectivity index (χ1n) is 3.98. The van der Waals surface area contributed by atoms with Crippen molar-refractivity contribution in [2.75, 3.05) is 12.3 Å². The predicted octanol–water partition coefficient (Wildman–Crippen LogP) is 1.50. The smallest absolute Gasteiger partial charge is 0.133 e. The minimum atomic E-state index is 0.185. The molecule has 2 nitrogen and oxygen atoms in total. The molecule has 0 radical (unpaired) electrons. The van der Waals surface area contributed by atoms with Crippen molar-refractivity contribution in [2.24, 2.45) is 5.73 Å². The van der Waals surface area contributed by atoms with Gasteiger partial charge in [0.1, 0.15) is 11.9 Å². The molecule has 1 aliphatic rings. The Kier molecular flexibility index (Phi) is 2.23. The molecule has 0 unspecified atom stereocenters. The van der Waals surface area contributed by atoms with Crippen LogP contribution in [0, 0.1) is 0 Å². The standard InChI is InChI=1S/C9H11NOS/c10-5-7-6-12-9-4-2-1-3-8(9)11-7/h1-4,7H,5-6,10H2/t7-/m0/s1. The van der Waals surface area contributed by atoms with Gasteiger partial charge in [-0.15, -0.1) is 11.8 Å². The number of para-hydroxylation sites is 1. The summed E-state index contributed by atoms with van der Waals surface area (Å²) in [5.74, 6) is 1.94.